The van der Waals surface area contributed by atoms with Crippen molar-refractivity contribution in [1.29, 1.82) is 0 Å². The number of thiophene rings is 1. The van der Waals surface area contributed by atoms with Crippen LogP contribution in [0.1, 0.15) is 29.4 Å². The maximum absolute atomic E-state index is 11.8. The smallest absolute Gasteiger partial charge is 0.300 e. The third-order valence-electron chi connectivity index (χ3n) is 2.86. The Morgan fingerprint density at radius 3 is 2.72 bits per heavy atom. The number of imidazole rings is 1. The molecule has 0 radical (unpaired) electrons. The van der Waals surface area contributed by atoms with E-state index in [4.69, 9.17) is 0 Å². The number of hydrogen-bond donors (Lipinski definition) is 0. The SMILES string of the molecule is CCn1ccn(CCCC(=O)c2cccs2)c1=O. The van der Waals surface area contributed by atoms with E-state index in [1.807, 2.05) is 24.4 Å². The summed E-state index contributed by atoms with van der Waals surface area (Å²) in [5.41, 5.74) is 0.000993. The Hall–Kier alpha value is -1.62. The van der Waals surface area contributed by atoms with Crippen LogP contribution in [0.2, 0.25) is 0 Å². The number of hydrogen-bond acceptors (Lipinski definition) is 3. The van der Waals surface area contributed by atoms with Crippen LogP contribution in [0.3, 0.4) is 0 Å². The highest BCUT2D eigenvalue weighted by Crippen LogP contribution is 2.12. The van der Waals surface area contributed by atoms with Crippen molar-refractivity contribution in [3.63, 3.8) is 0 Å². The average molecular weight is 264 g/mol. The fraction of sp³-hybridized carbons (Fsp3) is 0.385. The minimum atomic E-state index is 0.000993. The molecule has 0 N–H and O–H groups in total. The van der Waals surface area contributed by atoms with Crippen LogP contribution < -0.4 is 5.69 Å². The minimum Gasteiger partial charge on any atom is -0.300 e. The Kier molecular flexibility index (Phi) is 4.15. The predicted octanol–water partition coefficient (Wildman–Crippen LogP) is 2.39. The molecule has 0 fully saturated rings. The largest absolute Gasteiger partial charge is 0.328 e. The van der Waals surface area contributed by atoms with E-state index < -0.39 is 0 Å². The Labute approximate surface area is 109 Å². The summed E-state index contributed by atoms with van der Waals surface area (Å²) < 4.78 is 3.31. The van der Waals surface area contributed by atoms with E-state index in [0.29, 0.717) is 25.9 Å². The fourth-order valence-electron chi connectivity index (χ4n) is 1.83. The molecular weight excluding hydrogens is 248 g/mol. The van der Waals surface area contributed by atoms with Gasteiger partial charge in [-0.15, -0.1) is 11.3 Å². The molecule has 0 unspecified atom stereocenters. The summed E-state index contributed by atoms with van der Waals surface area (Å²) in [5.74, 6) is 0.160. The summed E-state index contributed by atoms with van der Waals surface area (Å²) >= 11 is 1.47. The van der Waals surface area contributed by atoms with Gasteiger partial charge < -0.3 is 0 Å². The van der Waals surface area contributed by atoms with Crippen LogP contribution in [-0.4, -0.2) is 14.9 Å². The van der Waals surface area contributed by atoms with E-state index in [2.05, 4.69) is 0 Å². The van der Waals surface area contributed by atoms with Crippen LogP contribution in [0.15, 0.2) is 34.7 Å². The highest BCUT2D eigenvalue weighted by molar-refractivity contribution is 7.12. The summed E-state index contributed by atoms with van der Waals surface area (Å²) in [4.78, 5) is 24.3. The van der Waals surface area contributed by atoms with Gasteiger partial charge in [-0.3, -0.25) is 13.9 Å². The highest BCUT2D eigenvalue weighted by Gasteiger charge is 2.07. The fourth-order valence-corrected chi connectivity index (χ4v) is 2.53. The summed E-state index contributed by atoms with van der Waals surface area (Å²) in [7, 11) is 0. The first-order valence-corrected chi connectivity index (χ1v) is 6.92. The lowest BCUT2D eigenvalue weighted by Crippen LogP contribution is -2.23. The van der Waals surface area contributed by atoms with Gasteiger partial charge in [-0.1, -0.05) is 6.07 Å². The molecule has 96 valence electrons. The van der Waals surface area contributed by atoms with Crippen molar-refractivity contribution in [3.8, 4) is 0 Å². The summed E-state index contributed by atoms with van der Waals surface area (Å²) in [6, 6.07) is 3.72. The molecule has 0 aliphatic carbocycles. The molecule has 2 aromatic heterocycles. The van der Waals surface area contributed by atoms with Crippen molar-refractivity contribution in [2.24, 2.45) is 0 Å². The summed E-state index contributed by atoms with van der Waals surface area (Å²) in [6.45, 7) is 3.22. The van der Waals surface area contributed by atoms with Gasteiger partial charge in [0, 0.05) is 31.9 Å². The second kappa shape index (κ2) is 5.82. The number of Topliss-reactive ketones (excluding diaryl/α,β-unsaturated/α-hetero) is 1. The lowest BCUT2D eigenvalue weighted by Gasteiger charge is -2.00. The summed E-state index contributed by atoms with van der Waals surface area (Å²) in [5, 5.41) is 1.90. The molecular formula is C13H16N2O2S. The first-order valence-electron chi connectivity index (χ1n) is 6.04. The molecule has 4 nitrogen and oxygen atoms in total. The Morgan fingerprint density at radius 1 is 1.33 bits per heavy atom. The first-order chi connectivity index (χ1) is 8.72. The normalized spacial score (nSPS) is 10.7. The molecule has 0 aromatic carbocycles. The van der Waals surface area contributed by atoms with Crippen molar-refractivity contribution >= 4 is 17.1 Å². The number of rotatable bonds is 6. The van der Waals surface area contributed by atoms with E-state index in [-0.39, 0.29) is 11.5 Å². The molecule has 18 heavy (non-hydrogen) atoms. The van der Waals surface area contributed by atoms with E-state index in [1.54, 1.807) is 21.5 Å². The van der Waals surface area contributed by atoms with Gasteiger partial charge in [0.15, 0.2) is 5.78 Å². The zero-order valence-electron chi connectivity index (χ0n) is 10.3. The molecule has 0 bridgehead atoms. The summed E-state index contributed by atoms with van der Waals surface area (Å²) in [6.07, 6.45) is 4.75. The van der Waals surface area contributed by atoms with Crippen molar-refractivity contribution in [2.45, 2.75) is 32.9 Å². The second-order valence-corrected chi connectivity index (χ2v) is 5.01. The average Bonchev–Trinajstić information content (AvgIpc) is 3.00. The third-order valence-corrected chi connectivity index (χ3v) is 3.77. The van der Waals surface area contributed by atoms with Gasteiger partial charge in [-0.05, 0) is 24.8 Å². The Balaban J connectivity index is 1.87. The lowest BCUT2D eigenvalue weighted by atomic mass is 10.2. The van der Waals surface area contributed by atoms with Gasteiger partial charge in [-0.25, -0.2) is 4.79 Å². The number of aromatic nitrogens is 2. The van der Waals surface area contributed by atoms with Crippen molar-refractivity contribution < 1.29 is 4.79 Å². The van der Waals surface area contributed by atoms with Gasteiger partial charge in [0.2, 0.25) is 0 Å². The van der Waals surface area contributed by atoms with Gasteiger partial charge in [0.1, 0.15) is 0 Å². The van der Waals surface area contributed by atoms with E-state index in [9.17, 15) is 9.59 Å². The molecule has 0 aliphatic heterocycles. The topological polar surface area (TPSA) is 44.0 Å². The van der Waals surface area contributed by atoms with E-state index >= 15 is 0 Å². The monoisotopic (exact) mass is 264 g/mol. The van der Waals surface area contributed by atoms with E-state index in [1.165, 1.54) is 11.3 Å². The number of nitrogens with zero attached hydrogens (tertiary/aromatic N) is 2. The zero-order chi connectivity index (χ0) is 13.0. The van der Waals surface area contributed by atoms with Crippen LogP contribution in [0.5, 0.6) is 0 Å². The van der Waals surface area contributed by atoms with E-state index in [0.717, 1.165) is 4.88 Å². The molecule has 0 atom stereocenters. The predicted molar refractivity (Wildman–Crippen MR) is 72.2 cm³/mol. The minimum absolute atomic E-state index is 0.000993. The maximum Gasteiger partial charge on any atom is 0.328 e. The van der Waals surface area contributed by atoms with Crippen LogP contribution in [0.25, 0.3) is 0 Å². The van der Waals surface area contributed by atoms with Gasteiger partial charge in [0.25, 0.3) is 0 Å². The van der Waals surface area contributed by atoms with Gasteiger partial charge >= 0.3 is 5.69 Å². The van der Waals surface area contributed by atoms with Crippen LogP contribution in [-0.2, 0) is 13.1 Å². The number of aryl methyl sites for hydroxylation is 2. The molecule has 0 spiro atoms. The van der Waals surface area contributed by atoms with Crippen molar-refractivity contribution in [1.82, 2.24) is 9.13 Å². The molecule has 2 rings (SSSR count). The highest BCUT2D eigenvalue weighted by atomic mass is 32.1. The van der Waals surface area contributed by atoms with Crippen molar-refractivity contribution in [3.05, 3.63) is 45.3 Å². The van der Waals surface area contributed by atoms with Crippen LogP contribution in [0, 0.1) is 0 Å². The number of ketones is 1. The number of carbonyl (C=O) groups is 1. The molecule has 0 amide bonds. The molecule has 0 saturated heterocycles. The van der Waals surface area contributed by atoms with Gasteiger partial charge in [-0.2, -0.15) is 0 Å². The quantitative estimate of drug-likeness (QED) is 0.752. The molecule has 5 heteroatoms. The standard InChI is InChI=1S/C13H16N2O2S/c1-2-14-8-9-15(13(14)17)7-3-5-11(16)12-6-4-10-18-12/h4,6,8-10H,2-3,5,7H2,1H3. The molecule has 0 saturated carbocycles. The third kappa shape index (κ3) is 2.79. The second-order valence-electron chi connectivity index (χ2n) is 4.06. The molecule has 2 aromatic rings. The van der Waals surface area contributed by atoms with Gasteiger partial charge in [0.05, 0.1) is 4.88 Å². The first kappa shape index (κ1) is 12.8. The lowest BCUT2D eigenvalue weighted by molar-refractivity contribution is 0.0982. The van der Waals surface area contributed by atoms with Crippen LogP contribution >= 0.6 is 11.3 Å². The van der Waals surface area contributed by atoms with Crippen molar-refractivity contribution in [2.75, 3.05) is 0 Å². The Bertz CT molecular complexity index is 566. The maximum atomic E-state index is 11.8. The molecule has 2 heterocycles. The Morgan fingerprint density at radius 2 is 2.11 bits per heavy atom. The van der Waals surface area contributed by atoms with Crippen LogP contribution in [0.4, 0.5) is 0 Å². The number of carbonyl (C=O) groups excluding carboxylic acids is 1. The zero-order valence-corrected chi connectivity index (χ0v) is 11.2. The molecule has 0 aliphatic rings.